The van der Waals surface area contributed by atoms with Crippen LogP contribution in [0.1, 0.15) is 60.5 Å². The first-order chi connectivity index (χ1) is 18.6. The van der Waals surface area contributed by atoms with Crippen molar-refractivity contribution in [1.29, 1.82) is 0 Å². The van der Waals surface area contributed by atoms with Crippen molar-refractivity contribution in [2.75, 3.05) is 24.6 Å². The van der Waals surface area contributed by atoms with E-state index in [1.54, 1.807) is 30.4 Å². The van der Waals surface area contributed by atoms with E-state index in [9.17, 15) is 18.3 Å². The Labute approximate surface area is 235 Å². The summed E-state index contributed by atoms with van der Waals surface area (Å²) < 4.78 is 34.4. The molecule has 208 valence electrons. The molecule has 4 aliphatic rings. The standard InChI is InChI=1S/C30H35ClN2O5S/c1-19-4-2-6-27(34)24-10-7-22(24)16-33-17-30(13-3-5-20-14-23(31)9-11-25(20)30)18-38-28-12-8-21(15-26(28)33)29(35)32-39(19,36)37/h2,4,8-9,11-12,14-15,19,22,24,27,34H,3,5-7,10,13,16-18H2,1H3,(H,32,35)/b4-2+/t19-,22-,24+,27-,30-/m0/s1. The van der Waals surface area contributed by atoms with E-state index in [0.717, 1.165) is 49.4 Å². The highest BCUT2D eigenvalue weighted by molar-refractivity contribution is 7.90. The summed E-state index contributed by atoms with van der Waals surface area (Å²) in [6.07, 6.45) is 8.05. The molecule has 2 aromatic carbocycles. The first kappa shape index (κ1) is 26.7. The third-order valence-corrected chi connectivity index (χ3v) is 11.1. The molecule has 2 bridgehead atoms. The number of carbonyl (C=O) groups is 1. The molecule has 1 fully saturated rings. The van der Waals surface area contributed by atoms with Crippen LogP contribution >= 0.6 is 11.6 Å². The Balaban J connectivity index is 1.43. The number of halogens is 1. The van der Waals surface area contributed by atoms with E-state index < -0.39 is 27.3 Å². The van der Waals surface area contributed by atoms with Gasteiger partial charge in [0.05, 0.1) is 23.6 Å². The Morgan fingerprint density at radius 3 is 2.82 bits per heavy atom. The van der Waals surface area contributed by atoms with E-state index in [1.807, 2.05) is 6.07 Å². The third-order valence-electron chi connectivity index (χ3n) is 9.23. The maximum Gasteiger partial charge on any atom is 0.264 e. The molecule has 6 rings (SSSR count). The van der Waals surface area contributed by atoms with Gasteiger partial charge in [0.15, 0.2) is 0 Å². The normalized spacial score (nSPS) is 32.7. The first-order valence-corrected chi connectivity index (χ1v) is 15.8. The van der Waals surface area contributed by atoms with E-state index in [1.165, 1.54) is 18.1 Å². The number of nitrogens with one attached hydrogen (secondary N) is 1. The second kappa shape index (κ2) is 10.1. The molecule has 1 saturated carbocycles. The Morgan fingerprint density at radius 1 is 1.18 bits per heavy atom. The van der Waals surface area contributed by atoms with Gasteiger partial charge in [-0.05, 0) is 98.7 Å². The number of ether oxygens (including phenoxy) is 1. The fourth-order valence-electron chi connectivity index (χ4n) is 6.84. The molecular weight excluding hydrogens is 536 g/mol. The van der Waals surface area contributed by atoms with E-state index >= 15 is 0 Å². The van der Waals surface area contributed by atoms with Gasteiger partial charge in [0, 0.05) is 29.1 Å². The molecule has 0 radical (unpaired) electrons. The molecule has 5 atom stereocenters. The molecule has 0 aromatic heterocycles. The number of benzene rings is 2. The van der Waals surface area contributed by atoms with E-state index in [0.29, 0.717) is 25.3 Å². The number of hydrogen-bond donors (Lipinski definition) is 2. The van der Waals surface area contributed by atoms with Crippen molar-refractivity contribution < 1.29 is 23.1 Å². The zero-order chi connectivity index (χ0) is 27.4. The quantitative estimate of drug-likeness (QED) is 0.449. The number of hydrogen-bond acceptors (Lipinski definition) is 6. The molecule has 2 aromatic rings. The summed E-state index contributed by atoms with van der Waals surface area (Å²) in [5, 5.41) is 10.8. The van der Waals surface area contributed by atoms with Crippen LogP contribution in [0.3, 0.4) is 0 Å². The number of anilines is 1. The van der Waals surface area contributed by atoms with Crippen LogP contribution in [0.5, 0.6) is 5.75 Å². The maximum atomic E-state index is 13.1. The Bertz CT molecular complexity index is 1430. The van der Waals surface area contributed by atoms with Gasteiger partial charge < -0.3 is 14.7 Å². The maximum absolute atomic E-state index is 13.1. The van der Waals surface area contributed by atoms with Gasteiger partial charge in [-0.15, -0.1) is 0 Å². The highest BCUT2D eigenvalue weighted by Crippen LogP contribution is 2.46. The largest absolute Gasteiger partial charge is 0.490 e. The van der Waals surface area contributed by atoms with Gasteiger partial charge >= 0.3 is 0 Å². The molecule has 2 aliphatic carbocycles. The van der Waals surface area contributed by atoms with Crippen LogP contribution in [-0.4, -0.2) is 50.5 Å². The Hall–Kier alpha value is -2.55. The highest BCUT2D eigenvalue weighted by Gasteiger charge is 2.44. The smallest absolute Gasteiger partial charge is 0.264 e. The third kappa shape index (κ3) is 4.96. The molecule has 7 nitrogen and oxygen atoms in total. The van der Waals surface area contributed by atoms with Crippen molar-refractivity contribution in [1.82, 2.24) is 4.72 Å². The van der Waals surface area contributed by atoms with Gasteiger partial charge in [0.1, 0.15) is 5.75 Å². The number of carbonyl (C=O) groups excluding carboxylic acids is 1. The molecule has 1 spiro atoms. The molecule has 9 heteroatoms. The number of nitrogens with zero attached hydrogens (tertiary/aromatic N) is 1. The van der Waals surface area contributed by atoms with Crippen molar-refractivity contribution in [3.05, 3.63) is 70.3 Å². The van der Waals surface area contributed by atoms with Crippen LogP contribution in [0.2, 0.25) is 5.02 Å². The number of rotatable bonds is 0. The lowest BCUT2D eigenvalue weighted by Crippen LogP contribution is -2.49. The predicted octanol–water partition coefficient (Wildman–Crippen LogP) is 4.61. The van der Waals surface area contributed by atoms with Gasteiger partial charge in [-0.2, -0.15) is 0 Å². The molecule has 39 heavy (non-hydrogen) atoms. The van der Waals surface area contributed by atoms with Gasteiger partial charge in [0.25, 0.3) is 5.91 Å². The molecule has 1 amide bonds. The van der Waals surface area contributed by atoms with Crippen LogP contribution < -0.4 is 14.4 Å². The van der Waals surface area contributed by atoms with Gasteiger partial charge in [-0.25, -0.2) is 13.1 Å². The van der Waals surface area contributed by atoms with Gasteiger partial charge in [0.2, 0.25) is 10.0 Å². The van der Waals surface area contributed by atoms with E-state index in [2.05, 4.69) is 21.8 Å². The van der Waals surface area contributed by atoms with Crippen molar-refractivity contribution in [3.8, 4) is 5.75 Å². The number of aliphatic hydroxyl groups is 1. The topological polar surface area (TPSA) is 95.9 Å². The van der Waals surface area contributed by atoms with E-state index in [-0.39, 0.29) is 22.8 Å². The minimum atomic E-state index is -3.93. The van der Waals surface area contributed by atoms with Crippen LogP contribution in [0, 0.1) is 11.8 Å². The fourth-order valence-corrected chi connectivity index (χ4v) is 7.91. The number of amides is 1. The summed E-state index contributed by atoms with van der Waals surface area (Å²) in [5.74, 6) is 0.443. The van der Waals surface area contributed by atoms with Crippen molar-refractivity contribution in [2.24, 2.45) is 11.8 Å². The van der Waals surface area contributed by atoms with Gasteiger partial charge in [-0.3, -0.25) is 4.79 Å². The Morgan fingerprint density at radius 2 is 2.03 bits per heavy atom. The lowest BCUT2D eigenvalue weighted by molar-refractivity contribution is 0.0177. The molecule has 2 aliphatic heterocycles. The minimum Gasteiger partial charge on any atom is -0.490 e. The van der Waals surface area contributed by atoms with Crippen molar-refractivity contribution in [2.45, 2.75) is 62.2 Å². The monoisotopic (exact) mass is 570 g/mol. The second-order valence-corrected chi connectivity index (χ2v) is 14.2. The number of aryl methyl sites for hydroxylation is 1. The molecule has 0 saturated heterocycles. The van der Waals surface area contributed by atoms with Gasteiger partial charge in [-0.1, -0.05) is 29.8 Å². The molecule has 2 N–H and O–H groups in total. The second-order valence-electron chi connectivity index (χ2n) is 11.7. The summed E-state index contributed by atoms with van der Waals surface area (Å²) in [5.41, 5.74) is 3.33. The summed E-state index contributed by atoms with van der Waals surface area (Å²) in [6.45, 7) is 3.47. The average molecular weight is 571 g/mol. The van der Waals surface area contributed by atoms with Crippen LogP contribution in [0.4, 0.5) is 5.69 Å². The number of sulfonamides is 1. The minimum absolute atomic E-state index is 0.135. The summed E-state index contributed by atoms with van der Waals surface area (Å²) in [4.78, 5) is 15.4. The first-order valence-electron chi connectivity index (χ1n) is 13.9. The van der Waals surface area contributed by atoms with Crippen molar-refractivity contribution in [3.63, 3.8) is 0 Å². The molecule has 0 unspecified atom stereocenters. The molecule has 2 heterocycles. The SMILES string of the molecule is C[C@H]1/C=C/C[C@H](O)[C@@H]2CC[C@H]2CN2C[C@@]3(CCCc4cc(Cl)ccc43)COc3ccc(cc32)C(=O)NS1(=O)=O. The predicted molar refractivity (Wildman–Crippen MR) is 152 cm³/mol. The lowest BCUT2D eigenvalue weighted by Gasteiger charge is -2.45. The summed E-state index contributed by atoms with van der Waals surface area (Å²) in [7, 11) is -3.93. The fraction of sp³-hybridized carbons (Fsp3) is 0.500. The lowest BCUT2D eigenvalue weighted by atomic mass is 9.68. The zero-order valence-electron chi connectivity index (χ0n) is 22.1. The van der Waals surface area contributed by atoms with Crippen molar-refractivity contribution >= 4 is 33.2 Å². The average Bonchev–Trinajstić information content (AvgIpc) is 3.02. The van der Waals surface area contributed by atoms with E-state index in [4.69, 9.17) is 16.3 Å². The number of fused-ring (bicyclic) bond motifs is 4. The zero-order valence-corrected chi connectivity index (χ0v) is 23.7. The number of aliphatic hydroxyl groups excluding tert-OH is 1. The summed E-state index contributed by atoms with van der Waals surface area (Å²) >= 11 is 6.36. The molecular formula is C30H35ClN2O5S. The highest BCUT2D eigenvalue weighted by atomic mass is 35.5. The summed E-state index contributed by atoms with van der Waals surface area (Å²) in [6, 6.07) is 11.3. The Kier molecular flexibility index (Phi) is 6.92. The van der Waals surface area contributed by atoms with Crippen LogP contribution in [0.25, 0.3) is 0 Å². The van der Waals surface area contributed by atoms with Crippen LogP contribution in [0.15, 0.2) is 48.6 Å². The van der Waals surface area contributed by atoms with Crippen LogP contribution in [-0.2, 0) is 21.9 Å².